The standard InChI is InChI=1S/C13H13NO2/c1-16-11-6-3-2-5-10(11)12(15)13(9-14)7-4-8-13/h2-3,5-6H,4,7-8H2,1H3. The Morgan fingerprint density at radius 1 is 1.44 bits per heavy atom. The molecule has 0 radical (unpaired) electrons. The fourth-order valence-corrected chi connectivity index (χ4v) is 2.01. The summed E-state index contributed by atoms with van der Waals surface area (Å²) in [5.41, 5.74) is -0.277. The zero-order valence-corrected chi connectivity index (χ0v) is 9.19. The second kappa shape index (κ2) is 3.97. The van der Waals surface area contributed by atoms with Crippen LogP contribution in [-0.4, -0.2) is 12.9 Å². The van der Waals surface area contributed by atoms with Crippen molar-refractivity contribution in [3.05, 3.63) is 29.8 Å². The molecular weight excluding hydrogens is 202 g/mol. The largest absolute Gasteiger partial charge is 0.496 e. The van der Waals surface area contributed by atoms with Gasteiger partial charge < -0.3 is 4.74 Å². The Labute approximate surface area is 94.6 Å². The quantitative estimate of drug-likeness (QED) is 0.728. The molecule has 0 saturated heterocycles. The van der Waals surface area contributed by atoms with Crippen LogP contribution in [0.3, 0.4) is 0 Å². The van der Waals surface area contributed by atoms with E-state index in [0.29, 0.717) is 24.2 Å². The molecule has 3 heteroatoms. The normalized spacial score (nSPS) is 17.0. The number of nitriles is 1. The van der Waals surface area contributed by atoms with Gasteiger partial charge in [0.1, 0.15) is 11.2 Å². The van der Waals surface area contributed by atoms with E-state index in [4.69, 9.17) is 10.00 Å². The fourth-order valence-electron chi connectivity index (χ4n) is 2.01. The van der Waals surface area contributed by atoms with Crippen LogP contribution >= 0.6 is 0 Å². The number of rotatable bonds is 3. The summed E-state index contributed by atoms with van der Waals surface area (Å²) in [5, 5.41) is 9.12. The van der Waals surface area contributed by atoms with Crippen LogP contribution in [-0.2, 0) is 0 Å². The van der Waals surface area contributed by atoms with E-state index in [1.165, 1.54) is 7.11 Å². The molecule has 0 aromatic heterocycles. The number of carbonyl (C=O) groups excluding carboxylic acids is 1. The number of hydrogen-bond donors (Lipinski definition) is 0. The third-order valence-corrected chi connectivity index (χ3v) is 3.21. The number of carbonyl (C=O) groups is 1. The van der Waals surface area contributed by atoms with Crippen molar-refractivity contribution in [2.45, 2.75) is 19.3 Å². The average Bonchev–Trinajstić information content (AvgIpc) is 2.28. The molecule has 1 aliphatic rings. The first kappa shape index (κ1) is 10.7. The molecule has 0 bridgehead atoms. The molecule has 0 spiro atoms. The van der Waals surface area contributed by atoms with Crippen LogP contribution in [0.2, 0.25) is 0 Å². The van der Waals surface area contributed by atoms with Gasteiger partial charge in [-0.3, -0.25) is 4.79 Å². The van der Waals surface area contributed by atoms with Crippen LogP contribution < -0.4 is 4.74 Å². The first-order valence-corrected chi connectivity index (χ1v) is 5.32. The summed E-state index contributed by atoms with van der Waals surface area (Å²) >= 11 is 0. The lowest BCUT2D eigenvalue weighted by Gasteiger charge is -2.33. The van der Waals surface area contributed by atoms with Crippen molar-refractivity contribution in [3.63, 3.8) is 0 Å². The number of methoxy groups -OCH3 is 1. The maximum Gasteiger partial charge on any atom is 0.186 e. The minimum Gasteiger partial charge on any atom is -0.496 e. The Bertz CT molecular complexity index is 455. The number of ketones is 1. The lowest BCUT2D eigenvalue weighted by atomic mass is 9.65. The van der Waals surface area contributed by atoms with Crippen molar-refractivity contribution in [2.24, 2.45) is 5.41 Å². The SMILES string of the molecule is COc1ccccc1C(=O)C1(C#N)CCC1. The van der Waals surface area contributed by atoms with E-state index >= 15 is 0 Å². The monoisotopic (exact) mass is 215 g/mol. The molecule has 1 aromatic rings. The molecule has 1 saturated carbocycles. The minimum absolute atomic E-state index is 0.0984. The van der Waals surface area contributed by atoms with E-state index in [1.807, 2.05) is 6.07 Å². The molecule has 82 valence electrons. The van der Waals surface area contributed by atoms with E-state index in [1.54, 1.807) is 18.2 Å². The molecule has 1 aliphatic carbocycles. The molecule has 0 amide bonds. The minimum atomic E-state index is -0.797. The van der Waals surface area contributed by atoms with Crippen LogP contribution in [0.4, 0.5) is 0 Å². The van der Waals surface area contributed by atoms with E-state index in [2.05, 4.69) is 6.07 Å². The summed E-state index contributed by atoms with van der Waals surface area (Å²) < 4.78 is 5.14. The Morgan fingerprint density at radius 2 is 2.12 bits per heavy atom. The van der Waals surface area contributed by atoms with Gasteiger partial charge in [-0.25, -0.2) is 0 Å². The summed E-state index contributed by atoms with van der Waals surface area (Å²) in [6.07, 6.45) is 2.29. The van der Waals surface area contributed by atoms with Gasteiger partial charge in [0.05, 0.1) is 18.7 Å². The van der Waals surface area contributed by atoms with Crippen molar-refractivity contribution in [3.8, 4) is 11.8 Å². The second-order valence-electron chi connectivity index (χ2n) is 4.08. The predicted molar refractivity (Wildman–Crippen MR) is 59.2 cm³/mol. The average molecular weight is 215 g/mol. The fraction of sp³-hybridized carbons (Fsp3) is 0.385. The number of hydrogen-bond acceptors (Lipinski definition) is 3. The van der Waals surface area contributed by atoms with Crippen molar-refractivity contribution < 1.29 is 9.53 Å². The highest BCUT2D eigenvalue weighted by Gasteiger charge is 2.45. The number of nitrogens with zero attached hydrogens (tertiary/aromatic N) is 1. The summed E-state index contributed by atoms with van der Waals surface area (Å²) in [5.74, 6) is 0.452. The van der Waals surface area contributed by atoms with Crippen molar-refractivity contribution in [1.29, 1.82) is 5.26 Å². The van der Waals surface area contributed by atoms with Crippen molar-refractivity contribution >= 4 is 5.78 Å². The van der Waals surface area contributed by atoms with Crippen LogP contribution in [0.15, 0.2) is 24.3 Å². The van der Waals surface area contributed by atoms with Crippen LogP contribution in [0, 0.1) is 16.7 Å². The van der Waals surface area contributed by atoms with E-state index in [0.717, 1.165) is 6.42 Å². The van der Waals surface area contributed by atoms with Gasteiger partial charge in [-0.2, -0.15) is 5.26 Å². The summed E-state index contributed by atoms with van der Waals surface area (Å²) in [7, 11) is 1.53. The van der Waals surface area contributed by atoms with E-state index in [-0.39, 0.29) is 5.78 Å². The van der Waals surface area contributed by atoms with Crippen molar-refractivity contribution in [2.75, 3.05) is 7.11 Å². The van der Waals surface area contributed by atoms with Gasteiger partial charge in [0.25, 0.3) is 0 Å². The lowest BCUT2D eigenvalue weighted by Crippen LogP contribution is -2.36. The summed E-state index contributed by atoms with van der Waals surface area (Å²) in [6.45, 7) is 0. The molecule has 2 rings (SSSR count). The smallest absolute Gasteiger partial charge is 0.186 e. The van der Waals surface area contributed by atoms with Gasteiger partial charge in [0.15, 0.2) is 5.78 Å². The molecule has 1 fully saturated rings. The molecule has 0 aliphatic heterocycles. The Morgan fingerprint density at radius 3 is 2.62 bits per heavy atom. The van der Waals surface area contributed by atoms with Gasteiger partial charge >= 0.3 is 0 Å². The maximum atomic E-state index is 12.3. The zero-order valence-electron chi connectivity index (χ0n) is 9.19. The maximum absolute atomic E-state index is 12.3. The number of benzene rings is 1. The number of para-hydroxylation sites is 1. The van der Waals surface area contributed by atoms with Gasteiger partial charge in [-0.1, -0.05) is 12.1 Å². The van der Waals surface area contributed by atoms with Crippen LogP contribution in [0.1, 0.15) is 29.6 Å². The highest BCUT2D eigenvalue weighted by molar-refractivity contribution is 6.04. The second-order valence-corrected chi connectivity index (χ2v) is 4.08. The van der Waals surface area contributed by atoms with Gasteiger partial charge in [-0.15, -0.1) is 0 Å². The molecule has 0 N–H and O–H groups in total. The molecule has 0 atom stereocenters. The predicted octanol–water partition coefficient (Wildman–Crippen LogP) is 2.57. The Kier molecular flexibility index (Phi) is 2.66. The van der Waals surface area contributed by atoms with Crippen LogP contribution in [0.25, 0.3) is 0 Å². The zero-order chi connectivity index (χ0) is 11.6. The number of ether oxygens (including phenoxy) is 1. The van der Waals surface area contributed by atoms with Gasteiger partial charge in [-0.05, 0) is 31.4 Å². The topological polar surface area (TPSA) is 50.1 Å². The van der Waals surface area contributed by atoms with E-state index in [9.17, 15) is 4.79 Å². The number of Topliss-reactive ketones (excluding diaryl/α,β-unsaturated/α-hetero) is 1. The third-order valence-electron chi connectivity index (χ3n) is 3.21. The van der Waals surface area contributed by atoms with Crippen LogP contribution in [0.5, 0.6) is 5.75 Å². The van der Waals surface area contributed by atoms with Gasteiger partial charge in [0.2, 0.25) is 0 Å². The highest BCUT2D eigenvalue weighted by Crippen LogP contribution is 2.44. The van der Waals surface area contributed by atoms with E-state index < -0.39 is 5.41 Å². The molecule has 1 aromatic carbocycles. The lowest BCUT2D eigenvalue weighted by molar-refractivity contribution is 0.0745. The third kappa shape index (κ3) is 1.47. The summed E-state index contributed by atoms with van der Waals surface area (Å²) in [4.78, 5) is 12.3. The van der Waals surface area contributed by atoms with Gasteiger partial charge in [0, 0.05) is 0 Å². The summed E-state index contributed by atoms with van der Waals surface area (Å²) in [6, 6.07) is 9.23. The Balaban J connectivity index is 2.38. The first-order valence-electron chi connectivity index (χ1n) is 5.32. The molecular formula is C13H13NO2. The van der Waals surface area contributed by atoms with Crippen molar-refractivity contribution in [1.82, 2.24) is 0 Å². The molecule has 0 heterocycles. The first-order chi connectivity index (χ1) is 7.73. The molecule has 0 unspecified atom stereocenters. The molecule has 16 heavy (non-hydrogen) atoms. The Hall–Kier alpha value is -1.82. The molecule has 3 nitrogen and oxygen atoms in total. The highest BCUT2D eigenvalue weighted by atomic mass is 16.5.